The zero-order valence-electron chi connectivity index (χ0n) is 43.2. The molecule has 0 aromatic heterocycles. The van der Waals surface area contributed by atoms with E-state index in [0.717, 1.165) is 51.4 Å². The fourth-order valence-corrected chi connectivity index (χ4v) is 8.93. The van der Waals surface area contributed by atoms with Crippen LogP contribution in [-0.4, -0.2) is 46.9 Å². The van der Waals surface area contributed by atoms with E-state index in [4.69, 9.17) is 4.74 Å². The molecule has 6 nitrogen and oxygen atoms in total. The average molecular weight is 903 g/mol. The van der Waals surface area contributed by atoms with Crippen LogP contribution < -0.4 is 5.32 Å². The third-order valence-electron chi connectivity index (χ3n) is 13.3. The largest absolute Gasteiger partial charge is 0.462 e. The minimum Gasteiger partial charge on any atom is -0.462 e. The van der Waals surface area contributed by atoms with Gasteiger partial charge in [0.1, 0.15) is 6.10 Å². The molecule has 0 aliphatic heterocycles. The Morgan fingerprint density at radius 2 is 0.797 bits per heavy atom. The Hall–Kier alpha value is -1.66. The highest BCUT2D eigenvalue weighted by Crippen LogP contribution is 2.19. The molecule has 6 heteroatoms. The fourth-order valence-electron chi connectivity index (χ4n) is 8.93. The molecule has 0 fully saturated rings. The molecule has 0 aromatic carbocycles. The number of rotatable bonds is 52. The average Bonchev–Trinajstić information content (AvgIpc) is 3.29. The number of allylic oxidation sites excluding steroid dienone is 4. The molecule has 1 amide bonds. The molecule has 0 rings (SSSR count). The summed E-state index contributed by atoms with van der Waals surface area (Å²) < 4.78 is 5.96. The molecule has 0 spiro atoms. The van der Waals surface area contributed by atoms with Gasteiger partial charge in [0.25, 0.3) is 0 Å². The molecule has 378 valence electrons. The second-order valence-corrected chi connectivity index (χ2v) is 19.7. The first kappa shape index (κ1) is 62.3. The summed E-state index contributed by atoms with van der Waals surface area (Å²) in [6, 6.07) is -0.697. The van der Waals surface area contributed by atoms with Gasteiger partial charge >= 0.3 is 5.97 Å². The molecule has 0 saturated carbocycles. The molecule has 3 atom stereocenters. The lowest BCUT2D eigenvalue weighted by atomic mass is 10.0. The fraction of sp³-hybridized carbons (Fsp3) is 0.897. The molecule has 0 aromatic rings. The van der Waals surface area contributed by atoms with Crippen LogP contribution in [0.15, 0.2) is 24.3 Å². The van der Waals surface area contributed by atoms with Crippen LogP contribution in [0, 0.1) is 0 Å². The number of carbonyl (C=O) groups is 2. The van der Waals surface area contributed by atoms with Crippen molar-refractivity contribution in [3.05, 3.63) is 24.3 Å². The van der Waals surface area contributed by atoms with E-state index in [-0.39, 0.29) is 24.9 Å². The normalized spacial score (nSPS) is 13.3. The van der Waals surface area contributed by atoms with E-state index < -0.39 is 18.2 Å². The lowest BCUT2D eigenvalue weighted by Gasteiger charge is -2.24. The number of aliphatic hydroxyl groups excluding tert-OH is 2. The zero-order valence-corrected chi connectivity index (χ0v) is 43.2. The van der Waals surface area contributed by atoms with Crippen molar-refractivity contribution in [3.8, 4) is 0 Å². The summed E-state index contributed by atoms with van der Waals surface area (Å²) in [5, 5.41) is 23.8. The zero-order chi connectivity index (χ0) is 46.7. The van der Waals surface area contributed by atoms with Gasteiger partial charge in [0.2, 0.25) is 5.91 Å². The molecule has 0 aliphatic rings. The summed E-state index contributed by atoms with van der Waals surface area (Å²) >= 11 is 0. The topological polar surface area (TPSA) is 95.9 Å². The van der Waals surface area contributed by atoms with Crippen LogP contribution in [0.5, 0.6) is 0 Å². The molecule has 0 heterocycles. The smallest absolute Gasteiger partial charge is 0.306 e. The van der Waals surface area contributed by atoms with Crippen molar-refractivity contribution in [2.75, 3.05) is 6.61 Å². The number of esters is 1. The molecule has 3 N–H and O–H groups in total. The van der Waals surface area contributed by atoms with E-state index >= 15 is 0 Å². The van der Waals surface area contributed by atoms with Crippen molar-refractivity contribution >= 4 is 11.9 Å². The Bertz CT molecular complexity index is 1010. The van der Waals surface area contributed by atoms with Crippen LogP contribution in [0.3, 0.4) is 0 Å². The van der Waals surface area contributed by atoms with Gasteiger partial charge < -0.3 is 20.3 Å². The van der Waals surface area contributed by atoms with Gasteiger partial charge in [-0.15, -0.1) is 0 Å². The van der Waals surface area contributed by atoms with Gasteiger partial charge in [0, 0.05) is 6.42 Å². The van der Waals surface area contributed by atoms with E-state index in [1.165, 1.54) is 212 Å². The first-order valence-electron chi connectivity index (χ1n) is 28.6. The summed E-state index contributed by atoms with van der Waals surface area (Å²) in [6.45, 7) is 6.49. The molecular weight excluding hydrogens is 791 g/mol. The number of hydrogen-bond donors (Lipinski definition) is 3. The van der Waals surface area contributed by atoms with E-state index in [0.29, 0.717) is 19.3 Å². The lowest BCUT2D eigenvalue weighted by Crippen LogP contribution is -2.46. The first-order valence-corrected chi connectivity index (χ1v) is 28.6. The van der Waals surface area contributed by atoms with Crippen molar-refractivity contribution in [1.29, 1.82) is 0 Å². The van der Waals surface area contributed by atoms with E-state index in [1.807, 2.05) is 0 Å². The molecule has 64 heavy (non-hydrogen) atoms. The van der Waals surface area contributed by atoms with Crippen molar-refractivity contribution in [1.82, 2.24) is 5.32 Å². The lowest BCUT2D eigenvalue weighted by molar-refractivity contribution is -0.151. The second kappa shape index (κ2) is 52.3. The maximum atomic E-state index is 13.2. The van der Waals surface area contributed by atoms with Crippen molar-refractivity contribution in [3.63, 3.8) is 0 Å². The molecule has 0 saturated heterocycles. The van der Waals surface area contributed by atoms with Crippen LogP contribution in [0.4, 0.5) is 0 Å². The van der Waals surface area contributed by atoms with Crippen molar-refractivity contribution in [2.45, 2.75) is 328 Å². The minimum absolute atomic E-state index is 0.0822. The highest BCUT2D eigenvalue weighted by Gasteiger charge is 2.24. The Kier molecular flexibility index (Phi) is 51.0. The summed E-state index contributed by atoms with van der Waals surface area (Å²) in [7, 11) is 0. The van der Waals surface area contributed by atoms with Gasteiger partial charge in [-0.05, 0) is 57.8 Å². The Morgan fingerprint density at radius 1 is 0.453 bits per heavy atom. The summed E-state index contributed by atoms with van der Waals surface area (Å²) in [5.41, 5.74) is 0. The number of ether oxygens (including phenoxy) is 1. The van der Waals surface area contributed by atoms with E-state index in [1.54, 1.807) is 0 Å². The molecule has 3 unspecified atom stereocenters. The number of carbonyl (C=O) groups excluding carboxylic acids is 2. The number of aliphatic hydroxyl groups is 2. The molecule has 0 aliphatic carbocycles. The number of unbranched alkanes of at least 4 members (excludes halogenated alkanes) is 36. The Balaban J connectivity index is 4.50. The SMILES string of the molecule is CCCCC/C=C\C/C=C\CCCCCCCCCCCC(=O)OC(CCCCCCCCCCCCCCCC)CC(=O)NC(CO)C(O)CCCCCCCCCCCCCC. The van der Waals surface area contributed by atoms with Crippen molar-refractivity contribution < 1.29 is 24.5 Å². The third kappa shape index (κ3) is 46.9. The monoisotopic (exact) mass is 902 g/mol. The van der Waals surface area contributed by atoms with E-state index in [2.05, 4.69) is 50.4 Å². The predicted molar refractivity (Wildman–Crippen MR) is 278 cm³/mol. The van der Waals surface area contributed by atoms with Gasteiger partial charge in [-0.2, -0.15) is 0 Å². The van der Waals surface area contributed by atoms with Gasteiger partial charge in [0.15, 0.2) is 0 Å². The standard InChI is InChI=1S/C58H111NO5/c1-4-7-10-13-16-19-22-25-27-28-29-30-31-33-36-39-42-45-48-51-58(63)64-54(49-46-43-40-37-34-32-26-23-20-17-14-11-8-5-2)52-57(62)59-55(53-60)56(61)50-47-44-41-38-35-24-21-18-15-12-9-6-3/h16,19,25,27,54-56,60-61H,4-15,17-18,20-24,26,28-53H2,1-3H3,(H,59,62)/b19-16-,27-25-. The van der Waals surface area contributed by atoms with Crippen molar-refractivity contribution in [2.24, 2.45) is 0 Å². The molecular formula is C58H111NO5. The summed E-state index contributed by atoms with van der Waals surface area (Å²) in [4.78, 5) is 26.2. The Labute approximate surface area is 399 Å². The molecule has 0 radical (unpaired) electrons. The van der Waals surface area contributed by atoms with Crippen LogP contribution in [-0.2, 0) is 14.3 Å². The summed E-state index contributed by atoms with van der Waals surface area (Å²) in [5.74, 6) is -0.459. The Morgan fingerprint density at radius 3 is 1.22 bits per heavy atom. The first-order chi connectivity index (χ1) is 31.5. The molecule has 0 bridgehead atoms. The number of amides is 1. The predicted octanol–water partition coefficient (Wildman–Crippen LogP) is 17.5. The third-order valence-corrected chi connectivity index (χ3v) is 13.3. The van der Waals surface area contributed by atoms with Crippen LogP contribution >= 0.6 is 0 Å². The van der Waals surface area contributed by atoms with Gasteiger partial charge in [-0.3, -0.25) is 9.59 Å². The minimum atomic E-state index is -0.784. The number of hydrogen-bond acceptors (Lipinski definition) is 5. The van der Waals surface area contributed by atoms with Gasteiger partial charge in [-0.1, -0.05) is 263 Å². The van der Waals surface area contributed by atoms with Crippen LogP contribution in [0.25, 0.3) is 0 Å². The quantitative estimate of drug-likeness (QED) is 0.0321. The number of nitrogens with one attached hydrogen (secondary N) is 1. The maximum Gasteiger partial charge on any atom is 0.306 e. The van der Waals surface area contributed by atoms with Crippen LogP contribution in [0.1, 0.15) is 310 Å². The highest BCUT2D eigenvalue weighted by atomic mass is 16.5. The maximum absolute atomic E-state index is 13.2. The van der Waals surface area contributed by atoms with Gasteiger partial charge in [0.05, 0.1) is 25.2 Å². The van der Waals surface area contributed by atoms with E-state index in [9.17, 15) is 19.8 Å². The summed E-state index contributed by atoms with van der Waals surface area (Å²) in [6.07, 6.45) is 61.0. The second-order valence-electron chi connectivity index (χ2n) is 19.7. The van der Waals surface area contributed by atoms with Crippen LogP contribution in [0.2, 0.25) is 0 Å². The highest BCUT2D eigenvalue weighted by molar-refractivity contribution is 5.77. The van der Waals surface area contributed by atoms with Gasteiger partial charge in [-0.25, -0.2) is 0 Å².